The van der Waals surface area contributed by atoms with Gasteiger partial charge in [-0.25, -0.2) is 0 Å². The second kappa shape index (κ2) is 6.76. The van der Waals surface area contributed by atoms with Crippen LogP contribution in [0, 0.1) is 0 Å². The maximum Gasteiger partial charge on any atom is 0.305 e. The summed E-state index contributed by atoms with van der Waals surface area (Å²) in [6, 6.07) is 8.62. The van der Waals surface area contributed by atoms with E-state index in [1.807, 2.05) is 30.3 Å². The molecular formula is C13H18N2O3. The first kappa shape index (κ1) is 14.2. The van der Waals surface area contributed by atoms with Crippen molar-refractivity contribution in [3.8, 4) is 0 Å². The molecule has 18 heavy (non-hydrogen) atoms. The summed E-state index contributed by atoms with van der Waals surface area (Å²) in [6.45, 7) is 0.239. The van der Waals surface area contributed by atoms with E-state index < -0.39 is 12.0 Å². The molecule has 0 aromatic heterocycles. The number of hydrogen-bond donors (Lipinski definition) is 2. The van der Waals surface area contributed by atoms with Gasteiger partial charge in [0.05, 0.1) is 19.0 Å². The van der Waals surface area contributed by atoms with Crippen LogP contribution in [-0.4, -0.2) is 42.5 Å². The second-order valence-corrected chi connectivity index (χ2v) is 4.37. The molecule has 1 rings (SSSR count). The molecule has 1 aromatic rings. The van der Waals surface area contributed by atoms with Crippen LogP contribution in [0.5, 0.6) is 0 Å². The fraction of sp³-hybridized carbons (Fsp3) is 0.385. The normalized spacial score (nSPS) is 12.2. The standard InChI is InChI=1S/C13H18N2O3/c1-15(2)9-12(16)14-11(8-13(17)18)10-6-4-3-5-7-10/h3-7,11H,8-9H2,1-2H3,(H,14,16)(H,17,18). The maximum absolute atomic E-state index is 11.7. The van der Waals surface area contributed by atoms with Gasteiger partial charge in [-0.2, -0.15) is 0 Å². The van der Waals surface area contributed by atoms with Crippen LogP contribution in [-0.2, 0) is 9.59 Å². The van der Waals surface area contributed by atoms with Crippen molar-refractivity contribution in [1.29, 1.82) is 0 Å². The van der Waals surface area contributed by atoms with Gasteiger partial charge in [0.1, 0.15) is 0 Å². The molecule has 0 aliphatic carbocycles. The van der Waals surface area contributed by atoms with E-state index in [1.54, 1.807) is 19.0 Å². The Hall–Kier alpha value is -1.88. The Bertz CT molecular complexity index is 404. The molecule has 0 fully saturated rings. The number of benzene rings is 1. The number of likely N-dealkylation sites (N-methyl/N-ethyl adjacent to an activating group) is 1. The lowest BCUT2D eigenvalue weighted by molar-refractivity contribution is -0.137. The molecule has 1 unspecified atom stereocenters. The molecule has 5 heteroatoms. The largest absolute Gasteiger partial charge is 0.481 e. The molecule has 0 heterocycles. The Balaban J connectivity index is 2.73. The Labute approximate surface area is 106 Å². The highest BCUT2D eigenvalue weighted by Crippen LogP contribution is 2.16. The van der Waals surface area contributed by atoms with Crippen molar-refractivity contribution in [2.45, 2.75) is 12.5 Å². The highest BCUT2D eigenvalue weighted by molar-refractivity contribution is 5.79. The number of nitrogens with one attached hydrogen (secondary N) is 1. The van der Waals surface area contributed by atoms with Crippen molar-refractivity contribution in [1.82, 2.24) is 10.2 Å². The number of nitrogens with zero attached hydrogens (tertiary/aromatic N) is 1. The Kier molecular flexibility index (Phi) is 5.32. The number of carbonyl (C=O) groups excluding carboxylic acids is 1. The van der Waals surface area contributed by atoms with Gasteiger partial charge in [0.15, 0.2) is 0 Å². The van der Waals surface area contributed by atoms with E-state index in [4.69, 9.17) is 5.11 Å². The predicted octanol–water partition coefficient (Wildman–Crippen LogP) is 0.880. The minimum absolute atomic E-state index is 0.122. The first-order valence-electron chi connectivity index (χ1n) is 5.70. The molecule has 2 N–H and O–H groups in total. The average molecular weight is 250 g/mol. The van der Waals surface area contributed by atoms with Crippen molar-refractivity contribution in [3.05, 3.63) is 35.9 Å². The number of hydrogen-bond acceptors (Lipinski definition) is 3. The summed E-state index contributed by atoms with van der Waals surface area (Å²) < 4.78 is 0. The van der Waals surface area contributed by atoms with E-state index in [2.05, 4.69) is 5.32 Å². The fourth-order valence-corrected chi connectivity index (χ4v) is 1.64. The van der Waals surface area contributed by atoms with E-state index in [0.717, 1.165) is 5.56 Å². The van der Waals surface area contributed by atoms with E-state index >= 15 is 0 Å². The first-order valence-corrected chi connectivity index (χ1v) is 5.70. The highest BCUT2D eigenvalue weighted by atomic mass is 16.4. The zero-order chi connectivity index (χ0) is 13.5. The second-order valence-electron chi connectivity index (χ2n) is 4.37. The van der Waals surface area contributed by atoms with E-state index in [0.29, 0.717) is 0 Å². The lowest BCUT2D eigenvalue weighted by atomic mass is 10.0. The number of carboxylic acid groups (broad SMARTS) is 1. The van der Waals surface area contributed by atoms with Crippen molar-refractivity contribution in [2.75, 3.05) is 20.6 Å². The molecule has 0 saturated heterocycles. The van der Waals surface area contributed by atoms with Crippen LogP contribution < -0.4 is 5.32 Å². The summed E-state index contributed by atoms with van der Waals surface area (Å²) in [5.74, 6) is -1.12. The maximum atomic E-state index is 11.7. The van der Waals surface area contributed by atoms with Crippen molar-refractivity contribution >= 4 is 11.9 Å². The zero-order valence-corrected chi connectivity index (χ0v) is 10.6. The van der Waals surface area contributed by atoms with Gasteiger partial charge >= 0.3 is 5.97 Å². The minimum atomic E-state index is -0.936. The van der Waals surface area contributed by atoms with Crippen LogP contribution in [0.4, 0.5) is 0 Å². The van der Waals surface area contributed by atoms with E-state index in [1.165, 1.54) is 0 Å². The van der Waals surface area contributed by atoms with Gasteiger partial charge in [-0.15, -0.1) is 0 Å². The molecule has 0 bridgehead atoms. The molecule has 1 atom stereocenters. The summed E-state index contributed by atoms with van der Waals surface area (Å²) in [7, 11) is 3.57. The molecule has 5 nitrogen and oxygen atoms in total. The van der Waals surface area contributed by atoms with Crippen molar-refractivity contribution in [2.24, 2.45) is 0 Å². The molecule has 0 saturated carbocycles. The van der Waals surface area contributed by atoms with Crippen LogP contribution in [0.25, 0.3) is 0 Å². The lowest BCUT2D eigenvalue weighted by Crippen LogP contribution is -2.36. The fourth-order valence-electron chi connectivity index (χ4n) is 1.64. The quantitative estimate of drug-likeness (QED) is 0.786. The van der Waals surface area contributed by atoms with Crippen molar-refractivity contribution < 1.29 is 14.7 Å². The monoisotopic (exact) mass is 250 g/mol. The van der Waals surface area contributed by atoms with Gasteiger partial charge in [0, 0.05) is 0 Å². The average Bonchev–Trinajstić information content (AvgIpc) is 2.27. The third-order valence-corrected chi connectivity index (χ3v) is 2.38. The van der Waals surface area contributed by atoms with E-state index in [9.17, 15) is 9.59 Å². The molecule has 0 spiro atoms. The smallest absolute Gasteiger partial charge is 0.305 e. The van der Waals surface area contributed by atoms with Crippen LogP contribution in [0.1, 0.15) is 18.0 Å². The minimum Gasteiger partial charge on any atom is -0.481 e. The summed E-state index contributed by atoms with van der Waals surface area (Å²) in [5, 5.41) is 11.6. The van der Waals surface area contributed by atoms with Gasteiger partial charge in [0.25, 0.3) is 0 Å². The van der Waals surface area contributed by atoms with E-state index in [-0.39, 0.29) is 18.9 Å². The molecule has 98 valence electrons. The molecule has 1 amide bonds. The van der Waals surface area contributed by atoms with Crippen LogP contribution >= 0.6 is 0 Å². The summed E-state index contributed by atoms with van der Waals surface area (Å²) >= 11 is 0. The Morgan fingerprint density at radius 1 is 1.28 bits per heavy atom. The highest BCUT2D eigenvalue weighted by Gasteiger charge is 2.17. The van der Waals surface area contributed by atoms with Gasteiger partial charge in [0.2, 0.25) is 5.91 Å². The van der Waals surface area contributed by atoms with Crippen LogP contribution in [0.2, 0.25) is 0 Å². The molecule has 1 aromatic carbocycles. The number of amides is 1. The van der Waals surface area contributed by atoms with Gasteiger partial charge < -0.3 is 15.3 Å². The molecule has 0 aliphatic rings. The number of aliphatic carboxylic acids is 1. The first-order chi connectivity index (χ1) is 8.49. The number of carbonyl (C=O) groups is 2. The molecular weight excluding hydrogens is 232 g/mol. The van der Waals surface area contributed by atoms with Crippen molar-refractivity contribution in [3.63, 3.8) is 0 Å². The zero-order valence-electron chi connectivity index (χ0n) is 10.6. The topological polar surface area (TPSA) is 69.6 Å². The SMILES string of the molecule is CN(C)CC(=O)NC(CC(=O)O)c1ccccc1. The van der Waals surface area contributed by atoms with Crippen LogP contribution in [0.15, 0.2) is 30.3 Å². The summed E-state index contributed by atoms with van der Waals surface area (Å²) in [6.07, 6.45) is -0.122. The number of carboxylic acids is 1. The third-order valence-electron chi connectivity index (χ3n) is 2.38. The summed E-state index contributed by atoms with van der Waals surface area (Å²) in [5.41, 5.74) is 0.798. The Morgan fingerprint density at radius 2 is 1.89 bits per heavy atom. The van der Waals surface area contributed by atoms with Crippen LogP contribution in [0.3, 0.4) is 0 Å². The molecule has 0 aliphatic heterocycles. The van der Waals surface area contributed by atoms with Gasteiger partial charge in [-0.3, -0.25) is 9.59 Å². The van der Waals surface area contributed by atoms with Gasteiger partial charge in [-0.1, -0.05) is 30.3 Å². The molecule has 0 radical (unpaired) electrons. The number of rotatable bonds is 6. The third kappa shape index (κ3) is 4.97. The summed E-state index contributed by atoms with van der Waals surface area (Å²) in [4.78, 5) is 24.2. The lowest BCUT2D eigenvalue weighted by Gasteiger charge is -2.18. The van der Waals surface area contributed by atoms with Gasteiger partial charge in [-0.05, 0) is 19.7 Å². The predicted molar refractivity (Wildman–Crippen MR) is 68.1 cm³/mol. The Morgan fingerprint density at radius 3 is 2.39 bits per heavy atom.